The first-order valence-corrected chi connectivity index (χ1v) is 6.47. The van der Waals surface area contributed by atoms with Crippen LogP contribution in [0.25, 0.3) is 0 Å². The van der Waals surface area contributed by atoms with Gasteiger partial charge in [-0.15, -0.1) is 0 Å². The number of amides is 1. The zero-order valence-corrected chi connectivity index (χ0v) is 11.7. The van der Waals surface area contributed by atoms with Crippen molar-refractivity contribution in [2.24, 2.45) is 0 Å². The lowest BCUT2D eigenvalue weighted by Gasteiger charge is -2.15. The van der Waals surface area contributed by atoms with Crippen LogP contribution in [0.15, 0.2) is 36.4 Å². The van der Waals surface area contributed by atoms with E-state index in [9.17, 15) is 18.0 Å². The number of benzene rings is 2. The lowest BCUT2D eigenvalue weighted by Crippen LogP contribution is -2.28. The Hall–Kier alpha value is -2.01. The van der Waals surface area contributed by atoms with Crippen LogP contribution in [-0.2, 0) is 0 Å². The van der Waals surface area contributed by atoms with Crippen molar-refractivity contribution in [1.82, 2.24) is 5.32 Å². The van der Waals surface area contributed by atoms with Gasteiger partial charge in [-0.25, -0.2) is 13.2 Å². The lowest BCUT2D eigenvalue weighted by molar-refractivity contribution is 0.0935. The van der Waals surface area contributed by atoms with Gasteiger partial charge in [-0.3, -0.25) is 4.79 Å². The molecule has 0 saturated carbocycles. The fourth-order valence-electron chi connectivity index (χ4n) is 1.88. The number of rotatable bonds is 3. The molecule has 0 spiro atoms. The Bertz CT molecular complexity index is 691. The summed E-state index contributed by atoms with van der Waals surface area (Å²) in [7, 11) is 0. The first-order valence-electron chi connectivity index (χ1n) is 6.09. The molecule has 0 aliphatic rings. The van der Waals surface area contributed by atoms with Gasteiger partial charge in [0.15, 0.2) is 0 Å². The van der Waals surface area contributed by atoms with Crippen LogP contribution in [0.4, 0.5) is 13.2 Å². The molecular weight excluding hydrogens is 303 g/mol. The molecule has 0 fully saturated rings. The molecule has 6 heteroatoms. The molecule has 0 saturated heterocycles. The van der Waals surface area contributed by atoms with E-state index in [4.69, 9.17) is 11.6 Å². The first kappa shape index (κ1) is 15.4. The van der Waals surface area contributed by atoms with Crippen LogP contribution in [0, 0.1) is 17.5 Å². The fraction of sp³-hybridized carbons (Fsp3) is 0.133. The Kier molecular flexibility index (Phi) is 4.53. The largest absolute Gasteiger partial charge is 0.345 e. The minimum absolute atomic E-state index is 0.104. The van der Waals surface area contributed by atoms with E-state index in [2.05, 4.69) is 5.32 Å². The summed E-state index contributed by atoms with van der Waals surface area (Å²) in [6, 6.07) is 5.84. The van der Waals surface area contributed by atoms with E-state index in [0.717, 1.165) is 18.2 Å². The Labute approximate surface area is 124 Å². The molecule has 110 valence electrons. The summed E-state index contributed by atoms with van der Waals surface area (Å²) < 4.78 is 40.0. The third-order valence-electron chi connectivity index (χ3n) is 2.95. The van der Waals surface area contributed by atoms with Crippen LogP contribution >= 0.6 is 11.6 Å². The van der Waals surface area contributed by atoms with E-state index in [-0.39, 0.29) is 16.1 Å². The van der Waals surface area contributed by atoms with E-state index >= 15 is 0 Å². The molecule has 1 amide bonds. The molecule has 2 nitrogen and oxygen atoms in total. The zero-order chi connectivity index (χ0) is 15.6. The molecule has 1 unspecified atom stereocenters. The van der Waals surface area contributed by atoms with Crippen LogP contribution in [-0.4, -0.2) is 5.91 Å². The SMILES string of the molecule is CC(NC(=O)c1cc(Cl)ccc1F)c1ccc(F)cc1F. The Morgan fingerprint density at radius 1 is 1.10 bits per heavy atom. The highest BCUT2D eigenvalue weighted by molar-refractivity contribution is 6.31. The summed E-state index contributed by atoms with van der Waals surface area (Å²) in [4.78, 5) is 12.0. The Morgan fingerprint density at radius 2 is 1.81 bits per heavy atom. The van der Waals surface area contributed by atoms with Gasteiger partial charge in [-0.05, 0) is 31.2 Å². The molecule has 0 aliphatic carbocycles. The summed E-state index contributed by atoms with van der Waals surface area (Å²) >= 11 is 5.71. The van der Waals surface area contributed by atoms with Gasteiger partial charge in [-0.2, -0.15) is 0 Å². The van der Waals surface area contributed by atoms with Crippen molar-refractivity contribution in [2.45, 2.75) is 13.0 Å². The van der Waals surface area contributed by atoms with Crippen LogP contribution in [0.1, 0.15) is 28.9 Å². The highest BCUT2D eigenvalue weighted by Gasteiger charge is 2.18. The summed E-state index contributed by atoms with van der Waals surface area (Å²) in [5, 5.41) is 2.65. The normalized spacial score (nSPS) is 12.0. The van der Waals surface area contributed by atoms with Crippen molar-refractivity contribution in [3.05, 3.63) is 70.0 Å². The lowest BCUT2D eigenvalue weighted by atomic mass is 10.1. The maximum absolute atomic E-state index is 13.6. The van der Waals surface area contributed by atoms with Gasteiger partial charge < -0.3 is 5.32 Å². The van der Waals surface area contributed by atoms with Crippen molar-refractivity contribution in [2.75, 3.05) is 0 Å². The number of carbonyl (C=O) groups is 1. The first-order chi connectivity index (χ1) is 9.88. The molecule has 0 bridgehead atoms. The molecule has 0 radical (unpaired) electrons. The van der Waals surface area contributed by atoms with E-state index in [1.54, 1.807) is 0 Å². The molecule has 2 aromatic carbocycles. The average molecular weight is 314 g/mol. The smallest absolute Gasteiger partial charge is 0.254 e. The van der Waals surface area contributed by atoms with Gasteiger partial charge >= 0.3 is 0 Å². The molecule has 0 aromatic heterocycles. The zero-order valence-electron chi connectivity index (χ0n) is 11.0. The maximum Gasteiger partial charge on any atom is 0.254 e. The van der Waals surface area contributed by atoms with Gasteiger partial charge in [0.2, 0.25) is 0 Å². The van der Waals surface area contributed by atoms with E-state index in [1.165, 1.54) is 25.1 Å². The van der Waals surface area contributed by atoms with Crippen molar-refractivity contribution in [3.63, 3.8) is 0 Å². The average Bonchev–Trinajstić information content (AvgIpc) is 2.41. The number of nitrogens with one attached hydrogen (secondary N) is 1. The highest BCUT2D eigenvalue weighted by Crippen LogP contribution is 2.20. The van der Waals surface area contributed by atoms with Crippen molar-refractivity contribution in [1.29, 1.82) is 0 Å². The predicted octanol–water partition coefficient (Wildman–Crippen LogP) is 4.25. The van der Waals surface area contributed by atoms with E-state index < -0.39 is 29.4 Å². The number of hydrogen-bond acceptors (Lipinski definition) is 1. The second-order valence-corrected chi connectivity index (χ2v) is 4.92. The monoisotopic (exact) mass is 313 g/mol. The van der Waals surface area contributed by atoms with Gasteiger partial charge in [-0.1, -0.05) is 17.7 Å². The van der Waals surface area contributed by atoms with Gasteiger partial charge in [0.25, 0.3) is 5.91 Å². The van der Waals surface area contributed by atoms with Crippen LogP contribution in [0.3, 0.4) is 0 Å². The molecule has 2 rings (SSSR count). The molecule has 21 heavy (non-hydrogen) atoms. The summed E-state index contributed by atoms with van der Waals surface area (Å²) in [5.74, 6) is -2.96. The van der Waals surface area contributed by atoms with Crippen molar-refractivity contribution >= 4 is 17.5 Å². The summed E-state index contributed by atoms with van der Waals surface area (Å²) in [6.45, 7) is 1.51. The fourth-order valence-corrected chi connectivity index (χ4v) is 2.05. The quantitative estimate of drug-likeness (QED) is 0.902. The van der Waals surface area contributed by atoms with Gasteiger partial charge in [0.05, 0.1) is 11.6 Å². The topological polar surface area (TPSA) is 29.1 Å². The molecule has 2 aromatic rings. The van der Waals surface area contributed by atoms with Gasteiger partial charge in [0, 0.05) is 16.7 Å². The Balaban J connectivity index is 2.20. The highest BCUT2D eigenvalue weighted by atomic mass is 35.5. The van der Waals surface area contributed by atoms with Crippen LogP contribution in [0.5, 0.6) is 0 Å². The number of carbonyl (C=O) groups excluding carboxylic acids is 1. The molecule has 0 aliphatic heterocycles. The summed E-state index contributed by atoms with van der Waals surface area (Å²) in [5.41, 5.74) is -0.135. The number of halogens is 4. The molecule has 1 N–H and O–H groups in total. The van der Waals surface area contributed by atoms with Crippen LogP contribution in [0.2, 0.25) is 5.02 Å². The molecular formula is C15H11ClF3NO. The standard InChI is InChI=1S/C15H11ClF3NO/c1-8(11-4-3-10(17)7-14(11)19)20-15(21)12-6-9(16)2-5-13(12)18/h2-8H,1H3,(H,20,21). The molecule has 1 atom stereocenters. The van der Waals surface area contributed by atoms with Gasteiger partial charge in [0.1, 0.15) is 17.5 Å². The third-order valence-corrected chi connectivity index (χ3v) is 3.18. The minimum Gasteiger partial charge on any atom is -0.345 e. The van der Waals surface area contributed by atoms with E-state index in [1.807, 2.05) is 0 Å². The number of hydrogen-bond donors (Lipinski definition) is 1. The predicted molar refractivity (Wildman–Crippen MR) is 73.6 cm³/mol. The second kappa shape index (κ2) is 6.18. The maximum atomic E-state index is 13.6. The summed E-state index contributed by atoms with van der Waals surface area (Å²) in [6.07, 6.45) is 0. The Morgan fingerprint density at radius 3 is 2.48 bits per heavy atom. The third kappa shape index (κ3) is 3.55. The molecule has 0 heterocycles. The minimum atomic E-state index is -0.783. The van der Waals surface area contributed by atoms with Crippen molar-refractivity contribution < 1.29 is 18.0 Å². The van der Waals surface area contributed by atoms with Crippen molar-refractivity contribution in [3.8, 4) is 0 Å². The van der Waals surface area contributed by atoms with E-state index in [0.29, 0.717) is 0 Å². The second-order valence-electron chi connectivity index (χ2n) is 4.49. The van der Waals surface area contributed by atoms with Crippen LogP contribution < -0.4 is 5.32 Å².